The van der Waals surface area contributed by atoms with Crippen LogP contribution in [0.2, 0.25) is 0 Å². The molecule has 0 heterocycles. The second-order valence-electron chi connectivity index (χ2n) is 17.0. The maximum atomic E-state index is 12.8. The number of hydrogen-bond acceptors (Lipinski definition) is 12. The molecule has 59 heavy (non-hydrogen) atoms. The van der Waals surface area contributed by atoms with E-state index in [1.165, 1.54) is 141 Å². The number of carbonyl (C=O) groups excluding carboxylic acids is 2. The van der Waals surface area contributed by atoms with E-state index in [2.05, 4.69) is 13.8 Å². The molecule has 0 aromatic carbocycles. The molecular weight excluding hydrogens is 779 g/mol. The van der Waals surface area contributed by atoms with Crippen LogP contribution in [0.15, 0.2) is 0 Å². The first-order valence-corrected chi connectivity index (χ1v) is 25.3. The molecule has 0 amide bonds. The first kappa shape index (κ1) is 55.9. The smallest absolute Gasteiger partial charge is 0.462 e. The summed E-state index contributed by atoms with van der Waals surface area (Å²) in [6.45, 7) is 3.32. The lowest BCUT2D eigenvalue weighted by Crippen LogP contribution is -2.64. The van der Waals surface area contributed by atoms with Crippen LogP contribution in [0.5, 0.6) is 0 Å². The van der Waals surface area contributed by atoms with E-state index in [9.17, 15) is 44.6 Å². The van der Waals surface area contributed by atoms with Crippen molar-refractivity contribution in [2.75, 3.05) is 13.2 Å². The SMILES string of the molecule is CCCCCCCCCCCCCCCCCCCC(=O)O[C@H](COC(=O)CCCCCCCCCCCCCCC)COP(=O)(O)OC1C(O)C(O)C(O)[C@H](O)C1O. The molecule has 1 rings (SSSR count). The summed E-state index contributed by atoms with van der Waals surface area (Å²) >= 11 is 0. The summed E-state index contributed by atoms with van der Waals surface area (Å²) in [4.78, 5) is 35.7. The molecule has 13 nitrogen and oxygen atoms in total. The van der Waals surface area contributed by atoms with Crippen molar-refractivity contribution in [2.24, 2.45) is 0 Å². The maximum Gasteiger partial charge on any atom is 0.472 e. The molecule has 1 saturated carbocycles. The monoisotopic (exact) mass is 867 g/mol. The Bertz CT molecular complexity index is 1050. The van der Waals surface area contributed by atoms with E-state index < -0.39 is 75.7 Å². The normalized spacial score (nSPS) is 22.2. The van der Waals surface area contributed by atoms with Crippen molar-refractivity contribution in [3.63, 3.8) is 0 Å². The second kappa shape index (κ2) is 36.3. The first-order chi connectivity index (χ1) is 28.4. The minimum absolute atomic E-state index is 0.105. The summed E-state index contributed by atoms with van der Waals surface area (Å²) in [6.07, 6.45) is 23.0. The molecule has 0 aromatic rings. The topological polar surface area (TPSA) is 210 Å². The van der Waals surface area contributed by atoms with Crippen molar-refractivity contribution in [3.8, 4) is 0 Å². The molecule has 0 aliphatic heterocycles. The largest absolute Gasteiger partial charge is 0.472 e. The van der Waals surface area contributed by atoms with Crippen LogP contribution >= 0.6 is 7.82 Å². The second-order valence-corrected chi connectivity index (χ2v) is 18.4. The summed E-state index contributed by atoms with van der Waals surface area (Å²) in [6, 6.07) is 0. The van der Waals surface area contributed by atoms with Gasteiger partial charge >= 0.3 is 19.8 Å². The van der Waals surface area contributed by atoms with Crippen molar-refractivity contribution >= 4 is 19.8 Å². The molecule has 1 aliphatic rings. The van der Waals surface area contributed by atoms with Crippen LogP contribution in [0.1, 0.15) is 219 Å². The fourth-order valence-corrected chi connectivity index (χ4v) is 8.56. The number of aliphatic hydroxyl groups is 5. The molecule has 0 spiro atoms. The van der Waals surface area contributed by atoms with Gasteiger partial charge in [-0.3, -0.25) is 18.6 Å². The number of unbranched alkanes of at least 4 members (excludes halogenated alkanes) is 28. The Labute approximate surface area is 357 Å². The third-order valence-corrected chi connectivity index (χ3v) is 12.4. The fraction of sp³-hybridized carbons (Fsp3) is 0.956. The molecule has 350 valence electrons. The van der Waals surface area contributed by atoms with E-state index in [1.54, 1.807) is 0 Å². The van der Waals surface area contributed by atoms with Crippen LogP contribution in [0.3, 0.4) is 0 Å². The predicted molar refractivity (Wildman–Crippen MR) is 231 cm³/mol. The summed E-state index contributed by atoms with van der Waals surface area (Å²) in [5.74, 6) is -1.08. The molecule has 8 atom stereocenters. The van der Waals surface area contributed by atoms with Crippen LogP contribution in [0, 0.1) is 0 Å². The van der Waals surface area contributed by atoms with Gasteiger partial charge in [0.2, 0.25) is 0 Å². The Morgan fingerprint density at radius 2 is 0.763 bits per heavy atom. The van der Waals surface area contributed by atoms with Gasteiger partial charge in [-0.2, -0.15) is 0 Å². The molecule has 0 aromatic heterocycles. The highest BCUT2D eigenvalue weighted by atomic mass is 31.2. The third-order valence-electron chi connectivity index (χ3n) is 11.4. The number of phosphoric ester groups is 1. The van der Waals surface area contributed by atoms with Crippen molar-refractivity contribution in [3.05, 3.63) is 0 Å². The molecule has 14 heteroatoms. The number of hydrogen-bond donors (Lipinski definition) is 6. The van der Waals surface area contributed by atoms with Crippen LogP contribution < -0.4 is 0 Å². The van der Waals surface area contributed by atoms with E-state index in [0.29, 0.717) is 12.8 Å². The molecular formula is C45H87O13P. The van der Waals surface area contributed by atoms with Gasteiger partial charge in [0.15, 0.2) is 6.10 Å². The minimum Gasteiger partial charge on any atom is -0.462 e. The average Bonchev–Trinajstić information content (AvgIpc) is 3.21. The molecule has 1 fully saturated rings. The zero-order chi connectivity index (χ0) is 43.6. The van der Waals surface area contributed by atoms with Crippen LogP contribution in [-0.4, -0.2) is 98.3 Å². The highest BCUT2D eigenvalue weighted by molar-refractivity contribution is 7.47. The summed E-state index contributed by atoms with van der Waals surface area (Å²) in [7, 11) is -5.11. The average molecular weight is 867 g/mol. The lowest BCUT2D eigenvalue weighted by atomic mass is 9.85. The van der Waals surface area contributed by atoms with Crippen LogP contribution in [0.4, 0.5) is 0 Å². The summed E-state index contributed by atoms with van der Waals surface area (Å²) in [5.41, 5.74) is 0. The van der Waals surface area contributed by atoms with E-state index in [4.69, 9.17) is 18.5 Å². The number of esters is 2. The number of carbonyl (C=O) groups is 2. The van der Waals surface area contributed by atoms with E-state index in [1.807, 2.05) is 0 Å². The van der Waals surface area contributed by atoms with Gasteiger partial charge in [0.05, 0.1) is 6.61 Å². The molecule has 0 radical (unpaired) electrons. The molecule has 0 saturated heterocycles. The Morgan fingerprint density at radius 3 is 1.12 bits per heavy atom. The highest BCUT2D eigenvalue weighted by Gasteiger charge is 2.51. The van der Waals surface area contributed by atoms with E-state index in [-0.39, 0.29) is 12.8 Å². The summed E-state index contributed by atoms with van der Waals surface area (Å²) in [5, 5.41) is 50.1. The molecule has 0 bridgehead atoms. The van der Waals surface area contributed by atoms with Gasteiger partial charge in [-0.05, 0) is 12.8 Å². The van der Waals surface area contributed by atoms with Crippen molar-refractivity contribution in [2.45, 2.75) is 262 Å². The Kier molecular flexibility index (Phi) is 34.4. The van der Waals surface area contributed by atoms with Gasteiger partial charge in [-0.15, -0.1) is 0 Å². The van der Waals surface area contributed by atoms with Crippen molar-refractivity contribution < 1.29 is 63.1 Å². The van der Waals surface area contributed by atoms with Gasteiger partial charge in [0, 0.05) is 12.8 Å². The van der Waals surface area contributed by atoms with Crippen molar-refractivity contribution in [1.82, 2.24) is 0 Å². The van der Waals surface area contributed by atoms with Gasteiger partial charge in [-0.1, -0.05) is 194 Å². The lowest BCUT2D eigenvalue weighted by Gasteiger charge is -2.41. The zero-order valence-electron chi connectivity index (χ0n) is 37.1. The third kappa shape index (κ3) is 29.0. The Balaban J connectivity index is 2.42. The first-order valence-electron chi connectivity index (χ1n) is 23.8. The van der Waals surface area contributed by atoms with E-state index >= 15 is 0 Å². The lowest BCUT2D eigenvalue weighted by molar-refractivity contribution is -0.220. The standard InChI is InChI=1S/C45H87O13P/c1-3-5-7-9-11-13-15-17-18-19-20-22-24-26-28-30-32-34-39(47)57-37(36-56-59(53,54)58-45-43(51)41(49)40(48)42(50)44(45)52)35-55-38(46)33-31-29-27-25-23-21-16-14-12-10-8-6-4-2/h37,40-45,48-52H,3-36H2,1-2H3,(H,53,54)/t37-,40?,41+,42?,43?,44?,45?/m1/s1. The van der Waals surface area contributed by atoms with Gasteiger partial charge in [0.25, 0.3) is 0 Å². The van der Waals surface area contributed by atoms with Crippen molar-refractivity contribution in [1.29, 1.82) is 0 Å². The molecule has 6 N–H and O–H groups in total. The number of ether oxygens (including phenoxy) is 2. The zero-order valence-corrected chi connectivity index (χ0v) is 38.0. The Morgan fingerprint density at radius 1 is 0.458 bits per heavy atom. The highest BCUT2D eigenvalue weighted by Crippen LogP contribution is 2.47. The van der Waals surface area contributed by atoms with E-state index in [0.717, 1.165) is 38.5 Å². The van der Waals surface area contributed by atoms with Crippen LogP contribution in [-0.2, 0) is 32.7 Å². The van der Waals surface area contributed by atoms with Gasteiger partial charge < -0.3 is 39.9 Å². The fourth-order valence-electron chi connectivity index (χ4n) is 7.58. The predicted octanol–water partition coefficient (Wildman–Crippen LogP) is 9.28. The maximum absolute atomic E-state index is 12.8. The molecule has 6 unspecified atom stereocenters. The summed E-state index contributed by atoms with van der Waals surface area (Å²) < 4.78 is 33.5. The minimum atomic E-state index is -5.11. The number of rotatable bonds is 40. The quantitative estimate of drug-likeness (QED) is 0.0193. The van der Waals surface area contributed by atoms with Crippen LogP contribution in [0.25, 0.3) is 0 Å². The van der Waals surface area contributed by atoms with Gasteiger partial charge in [-0.25, -0.2) is 4.57 Å². The Hall–Kier alpha value is -1.15. The number of phosphoric acid groups is 1. The number of aliphatic hydroxyl groups excluding tert-OH is 5. The van der Waals surface area contributed by atoms with Gasteiger partial charge in [0.1, 0.15) is 43.2 Å². The molecule has 1 aliphatic carbocycles.